The normalized spacial score (nSPS) is 11.0. The van der Waals surface area contributed by atoms with E-state index in [1.165, 1.54) is 11.0 Å². The molecule has 0 saturated carbocycles. The monoisotopic (exact) mass is 444 g/mol. The van der Waals surface area contributed by atoms with E-state index < -0.39 is 15.8 Å². The predicted octanol–water partition coefficient (Wildman–Crippen LogP) is 3.18. The van der Waals surface area contributed by atoms with Crippen molar-refractivity contribution in [3.05, 3.63) is 66.1 Å². The number of nitrogens with one attached hydrogen (secondary N) is 3. The number of carbonyl (C=O) groups excluding carboxylic acids is 1. The Hall–Kier alpha value is -3.73. The van der Waals surface area contributed by atoms with Crippen LogP contribution in [-0.4, -0.2) is 49.5 Å². The lowest BCUT2D eigenvalue weighted by molar-refractivity contribution is 0.0827. The molecule has 162 valence electrons. The van der Waals surface area contributed by atoms with Crippen molar-refractivity contribution in [1.29, 1.82) is 0 Å². The van der Waals surface area contributed by atoms with Crippen molar-refractivity contribution >= 4 is 44.8 Å². The largest absolute Gasteiger partial charge is 0.345 e. The smallest absolute Gasteiger partial charge is 0.253 e. The molecule has 0 saturated heterocycles. The molecular formula is C20H21FN6O3S. The minimum absolute atomic E-state index is 0.0897. The second-order valence-electron chi connectivity index (χ2n) is 6.84. The van der Waals surface area contributed by atoms with Crippen molar-refractivity contribution in [2.24, 2.45) is 0 Å². The highest BCUT2D eigenvalue weighted by molar-refractivity contribution is 7.92. The van der Waals surface area contributed by atoms with E-state index in [9.17, 15) is 17.6 Å². The Morgan fingerprint density at radius 1 is 1.03 bits per heavy atom. The maximum absolute atomic E-state index is 14.3. The van der Waals surface area contributed by atoms with Crippen LogP contribution in [0.5, 0.6) is 0 Å². The zero-order valence-corrected chi connectivity index (χ0v) is 17.9. The lowest BCUT2D eigenvalue weighted by atomic mass is 10.2. The standard InChI is InChI=1S/C20H21FN6O3S/c1-27(2)19(28)13-7-6-8-14(11-13)23-20-22-12-15(21)18(25-20)24-16-9-4-5-10-17(16)26-31(3,29)30/h4-12,26H,1-3H3,(H2,22,23,24,25). The molecule has 3 N–H and O–H groups in total. The van der Waals surface area contributed by atoms with Crippen LogP contribution in [-0.2, 0) is 10.0 Å². The van der Waals surface area contributed by atoms with Gasteiger partial charge in [0.15, 0.2) is 11.6 Å². The summed E-state index contributed by atoms with van der Waals surface area (Å²) in [4.78, 5) is 21.6. The van der Waals surface area contributed by atoms with Crippen molar-refractivity contribution in [2.45, 2.75) is 0 Å². The highest BCUT2D eigenvalue weighted by Crippen LogP contribution is 2.27. The van der Waals surface area contributed by atoms with Gasteiger partial charge in [0.25, 0.3) is 5.91 Å². The number of benzene rings is 2. The maximum atomic E-state index is 14.3. The molecule has 31 heavy (non-hydrogen) atoms. The zero-order valence-electron chi connectivity index (χ0n) is 17.0. The second kappa shape index (κ2) is 8.96. The van der Waals surface area contributed by atoms with Crippen LogP contribution < -0.4 is 15.4 Å². The summed E-state index contributed by atoms with van der Waals surface area (Å²) in [6.07, 6.45) is 2.01. The number of hydrogen-bond acceptors (Lipinski definition) is 7. The molecule has 1 amide bonds. The summed E-state index contributed by atoms with van der Waals surface area (Å²) in [5.41, 5.74) is 1.57. The fourth-order valence-electron chi connectivity index (χ4n) is 2.64. The molecule has 1 heterocycles. The van der Waals surface area contributed by atoms with Gasteiger partial charge in [0, 0.05) is 25.3 Å². The topological polar surface area (TPSA) is 116 Å². The molecule has 0 aliphatic heterocycles. The van der Waals surface area contributed by atoms with Gasteiger partial charge in [-0.05, 0) is 30.3 Å². The second-order valence-corrected chi connectivity index (χ2v) is 8.59. The lowest BCUT2D eigenvalue weighted by Crippen LogP contribution is -2.21. The van der Waals surface area contributed by atoms with E-state index in [0.29, 0.717) is 16.9 Å². The molecule has 3 aromatic rings. The Bertz CT molecular complexity index is 1220. The van der Waals surface area contributed by atoms with E-state index in [2.05, 4.69) is 25.3 Å². The highest BCUT2D eigenvalue weighted by atomic mass is 32.2. The molecule has 9 nitrogen and oxygen atoms in total. The van der Waals surface area contributed by atoms with Crippen LogP contribution in [0, 0.1) is 5.82 Å². The first-order valence-electron chi connectivity index (χ1n) is 9.07. The summed E-state index contributed by atoms with van der Waals surface area (Å²) in [7, 11) is -0.223. The van der Waals surface area contributed by atoms with Crippen LogP contribution >= 0.6 is 0 Å². The molecule has 0 spiro atoms. The molecule has 0 radical (unpaired) electrons. The van der Waals surface area contributed by atoms with Crippen LogP contribution in [0.15, 0.2) is 54.7 Å². The van der Waals surface area contributed by atoms with Gasteiger partial charge in [-0.1, -0.05) is 18.2 Å². The SMILES string of the molecule is CN(C)C(=O)c1cccc(Nc2ncc(F)c(Nc3ccccc3NS(C)(=O)=O)n2)c1. The fourth-order valence-corrected chi connectivity index (χ4v) is 3.22. The molecule has 11 heteroatoms. The van der Waals surface area contributed by atoms with Gasteiger partial charge in [0.1, 0.15) is 0 Å². The Kier molecular flexibility index (Phi) is 6.35. The van der Waals surface area contributed by atoms with E-state index in [4.69, 9.17) is 0 Å². The maximum Gasteiger partial charge on any atom is 0.253 e. The Balaban J connectivity index is 1.86. The van der Waals surface area contributed by atoms with Crippen molar-refractivity contribution in [1.82, 2.24) is 14.9 Å². The number of amides is 1. The number of anilines is 5. The number of para-hydroxylation sites is 2. The molecule has 0 unspecified atom stereocenters. The van der Waals surface area contributed by atoms with E-state index in [1.54, 1.807) is 56.6 Å². The van der Waals surface area contributed by atoms with Crippen molar-refractivity contribution in [2.75, 3.05) is 35.7 Å². The number of halogens is 1. The van der Waals surface area contributed by atoms with E-state index in [-0.39, 0.29) is 23.4 Å². The molecule has 2 aromatic carbocycles. The fraction of sp³-hybridized carbons (Fsp3) is 0.150. The first-order valence-corrected chi connectivity index (χ1v) is 11.0. The number of aromatic nitrogens is 2. The third kappa shape index (κ3) is 5.89. The average Bonchev–Trinajstić information content (AvgIpc) is 2.70. The molecule has 0 fully saturated rings. The van der Waals surface area contributed by atoms with Gasteiger partial charge < -0.3 is 15.5 Å². The van der Waals surface area contributed by atoms with Crippen LogP contribution in [0.3, 0.4) is 0 Å². The molecule has 0 aliphatic carbocycles. The minimum atomic E-state index is -3.53. The van der Waals surface area contributed by atoms with Crippen molar-refractivity contribution in [3.63, 3.8) is 0 Å². The number of sulfonamides is 1. The van der Waals surface area contributed by atoms with Gasteiger partial charge in [0.05, 0.1) is 23.8 Å². The summed E-state index contributed by atoms with van der Waals surface area (Å²) in [5.74, 6) is -0.954. The van der Waals surface area contributed by atoms with Crippen molar-refractivity contribution < 1.29 is 17.6 Å². The summed E-state index contributed by atoms with van der Waals surface area (Å²) in [6.45, 7) is 0. The molecule has 0 atom stereocenters. The van der Waals surface area contributed by atoms with Gasteiger partial charge in [-0.2, -0.15) is 4.98 Å². The first kappa shape index (κ1) is 22.0. The van der Waals surface area contributed by atoms with Gasteiger partial charge in [-0.15, -0.1) is 0 Å². The summed E-state index contributed by atoms with van der Waals surface area (Å²) >= 11 is 0. The quantitative estimate of drug-likeness (QED) is 0.512. The number of nitrogens with zero attached hydrogens (tertiary/aromatic N) is 3. The number of rotatable bonds is 7. The lowest BCUT2D eigenvalue weighted by Gasteiger charge is -2.14. The summed E-state index contributed by atoms with van der Waals surface area (Å²) in [6, 6.07) is 13.2. The average molecular weight is 444 g/mol. The van der Waals surface area contributed by atoms with Gasteiger partial charge >= 0.3 is 0 Å². The van der Waals surface area contributed by atoms with Gasteiger partial charge in [-0.3, -0.25) is 9.52 Å². The molecule has 0 bridgehead atoms. The third-order valence-corrected chi connectivity index (χ3v) is 4.58. The Morgan fingerprint density at radius 2 is 1.74 bits per heavy atom. The number of carbonyl (C=O) groups is 1. The van der Waals surface area contributed by atoms with Gasteiger partial charge in [0.2, 0.25) is 16.0 Å². The van der Waals surface area contributed by atoms with E-state index >= 15 is 0 Å². The first-order chi connectivity index (χ1) is 14.6. The molecule has 3 rings (SSSR count). The Morgan fingerprint density at radius 3 is 2.42 bits per heavy atom. The van der Waals surface area contributed by atoms with Crippen LogP contribution in [0.2, 0.25) is 0 Å². The Labute approximate surface area is 179 Å². The van der Waals surface area contributed by atoms with Crippen LogP contribution in [0.25, 0.3) is 0 Å². The number of hydrogen-bond donors (Lipinski definition) is 3. The van der Waals surface area contributed by atoms with Crippen LogP contribution in [0.4, 0.5) is 33.2 Å². The molecular weight excluding hydrogens is 423 g/mol. The third-order valence-electron chi connectivity index (χ3n) is 3.99. The van der Waals surface area contributed by atoms with Crippen molar-refractivity contribution in [3.8, 4) is 0 Å². The molecule has 0 aliphatic rings. The zero-order chi connectivity index (χ0) is 22.6. The minimum Gasteiger partial charge on any atom is -0.345 e. The van der Waals surface area contributed by atoms with E-state index in [1.807, 2.05) is 0 Å². The molecule has 1 aromatic heterocycles. The van der Waals surface area contributed by atoms with Gasteiger partial charge in [-0.25, -0.2) is 17.8 Å². The predicted molar refractivity (Wildman–Crippen MR) is 118 cm³/mol. The highest BCUT2D eigenvalue weighted by Gasteiger charge is 2.13. The van der Waals surface area contributed by atoms with E-state index in [0.717, 1.165) is 12.5 Å². The summed E-state index contributed by atoms with van der Waals surface area (Å²) < 4.78 is 39.8. The summed E-state index contributed by atoms with van der Waals surface area (Å²) in [5, 5.41) is 5.71. The van der Waals surface area contributed by atoms with Crippen LogP contribution in [0.1, 0.15) is 10.4 Å².